The molecule has 13 heteroatoms. The van der Waals surface area contributed by atoms with E-state index in [0.717, 1.165) is 6.08 Å². The van der Waals surface area contributed by atoms with Crippen molar-refractivity contribution in [2.45, 2.75) is 36.6 Å². The van der Waals surface area contributed by atoms with Gasteiger partial charge in [0, 0.05) is 13.1 Å². The molecule has 0 aliphatic carbocycles. The molecule has 0 saturated carbocycles. The summed E-state index contributed by atoms with van der Waals surface area (Å²) in [4.78, 5) is 24.5. The van der Waals surface area contributed by atoms with Gasteiger partial charge in [0.05, 0.1) is 31.9 Å². The number of aliphatic hydroxyl groups excluding tert-OH is 3. The first-order valence-electron chi connectivity index (χ1n) is 8.34. The molecule has 0 unspecified atom stereocenters. The van der Waals surface area contributed by atoms with Crippen LogP contribution in [-0.2, 0) is 19.1 Å². The van der Waals surface area contributed by atoms with Crippen molar-refractivity contribution in [2.75, 3.05) is 32.9 Å². The highest BCUT2D eigenvalue weighted by Gasteiger charge is 2.49. The lowest BCUT2D eigenvalue weighted by molar-refractivity contribution is -0.178. The van der Waals surface area contributed by atoms with Gasteiger partial charge in [-0.05, 0) is 6.08 Å². The molecule has 0 radical (unpaired) electrons. The van der Waals surface area contributed by atoms with Crippen LogP contribution in [0.2, 0.25) is 0 Å². The highest BCUT2D eigenvalue weighted by Crippen LogP contribution is 2.28. The monoisotopic (exact) mass is 414 g/mol. The predicted molar refractivity (Wildman–Crippen MR) is 83.9 cm³/mol. The smallest absolute Gasteiger partial charge is 0.471 e. The maximum atomic E-state index is 12.8. The molecule has 0 aromatic rings. The molecule has 0 spiro atoms. The molecule has 2 heterocycles. The van der Waals surface area contributed by atoms with E-state index in [1.807, 2.05) is 0 Å². The molecule has 5 atom stereocenters. The lowest BCUT2D eigenvalue weighted by Crippen LogP contribution is -2.65. The molecule has 0 aromatic heterocycles. The van der Waals surface area contributed by atoms with Gasteiger partial charge in [-0.15, -0.1) is 0 Å². The average Bonchev–Trinajstić information content (AvgIpc) is 2.66. The summed E-state index contributed by atoms with van der Waals surface area (Å²) in [7, 11) is 0. The molecule has 2 rings (SSSR count). The molecular formula is C15H21F3N2O8. The number of carboxylic acids is 1. The van der Waals surface area contributed by atoms with Gasteiger partial charge in [0.25, 0.3) is 0 Å². The van der Waals surface area contributed by atoms with E-state index in [-0.39, 0.29) is 26.3 Å². The Morgan fingerprint density at radius 2 is 1.89 bits per heavy atom. The average molecular weight is 414 g/mol. The Labute approximate surface area is 157 Å². The number of hydrogen-bond acceptors (Lipinski definition) is 8. The van der Waals surface area contributed by atoms with Crippen molar-refractivity contribution in [1.29, 1.82) is 0 Å². The Kier molecular flexibility index (Phi) is 7.22. The topological polar surface area (TPSA) is 149 Å². The second-order valence-electron chi connectivity index (χ2n) is 6.29. The number of carbonyl (C=O) groups is 2. The van der Waals surface area contributed by atoms with Gasteiger partial charge in [0.15, 0.2) is 0 Å². The van der Waals surface area contributed by atoms with E-state index in [1.54, 1.807) is 10.2 Å². The number of nitrogens with one attached hydrogen (secondary N) is 1. The van der Waals surface area contributed by atoms with Crippen molar-refractivity contribution in [1.82, 2.24) is 10.2 Å². The third-order valence-electron chi connectivity index (χ3n) is 4.46. The Hall–Kier alpha value is -1.93. The highest BCUT2D eigenvalue weighted by molar-refractivity contribution is 5.85. The third kappa shape index (κ3) is 5.11. The number of ether oxygens (including phenoxy) is 2. The fourth-order valence-electron chi connectivity index (χ4n) is 3.05. The third-order valence-corrected chi connectivity index (χ3v) is 4.46. The minimum absolute atomic E-state index is 0.220. The number of amides is 1. The standard InChI is InChI=1S/C15H21F3N2O8/c16-15(17,18)14(26)19-10-7(20-1-3-27-4-2-20)5-9(13(24)25)28-12(10)11(23)8(22)6-21/h5,7-8,10-12,21-23H,1-4,6H2,(H,19,26)(H,24,25)/t7-,8-,10-,11+,12+/m1/s1. The van der Waals surface area contributed by atoms with Crippen LogP contribution >= 0.6 is 0 Å². The fourth-order valence-corrected chi connectivity index (χ4v) is 3.05. The molecule has 0 bridgehead atoms. The van der Waals surface area contributed by atoms with Gasteiger partial charge in [0.1, 0.15) is 18.3 Å². The van der Waals surface area contributed by atoms with Crippen LogP contribution in [0.15, 0.2) is 11.8 Å². The fraction of sp³-hybridized carbons (Fsp3) is 0.733. The quantitative estimate of drug-likeness (QED) is 0.327. The Morgan fingerprint density at radius 1 is 1.29 bits per heavy atom. The lowest BCUT2D eigenvalue weighted by Gasteiger charge is -2.45. The van der Waals surface area contributed by atoms with E-state index in [4.69, 9.17) is 14.6 Å². The Balaban J connectivity index is 2.43. The number of carbonyl (C=O) groups excluding carboxylic acids is 1. The van der Waals surface area contributed by atoms with Gasteiger partial charge in [-0.25, -0.2) is 4.79 Å². The Morgan fingerprint density at radius 3 is 2.39 bits per heavy atom. The number of morpholine rings is 1. The van der Waals surface area contributed by atoms with Crippen molar-refractivity contribution in [2.24, 2.45) is 0 Å². The summed E-state index contributed by atoms with van der Waals surface area (Å²) >= 11 is 0. The molecular weight excluding hydrogens is 393 g/mol. The number of alkyl halides is 3. The summed E-state index contributed by atoms with van der Waals surface area (Å²) in [5, 5.41) is 39.9. The number of aliphatic hydroxyl groups is 3. The van der Waals surface area contributed by atoms with Crippen LogP contribution in [0.3, 0.4) is 0 Å². The summed E-state index contributed by atoms with van der Waals surface area (Å²) in [5.41, 5.74) is 0. The normalized spacial score (nSPS) is 28.6. The van der Waals surface area contributed by atoms with E-state index >= 15 is 0 Å². The molecule has 2 aliphatic heterocycles. The zero-order valence-electron chi connectivity index (χ0n) is 14.5. The van der Waals surface area contributed by atoms with Crippen LogP contribution in [0, 0.1) is 0 Å². The molecule has 2 aliphatic rings. The maximum absolute atomic E-state index is 12.8. The molecule has 160 valence electrons. The zero-order chi connectivity index (χ0) is 21.1. The van der Waals surface area contributed by atoms with Crippen molar-refractivity contribution >= 4 is 11.9 Å². The van der Waals surface area contributed by atoms with Crippen molar-refractivity contribution in [3.63, 3.8) is 0 Å². The van der Waals surface area contributed by atoms with Gasteiger partial charge in [-0.1, -0.05) is 0 Å². The predicted octanol–water partition coefficient (Wildman–Crippen LogP) is -2.18. The summed E-state index contributed by atoms with van der Waals surface area (Å²) in [5.74, 6) is -4.53. The molecule has 1 amide bonds. The number of carboxylic acid groups (broad SMARTS) is 1. The maximum Gasteiger partial charge on any atom is 0.471 e. The van der Waals surface area contributed by atoms with Crippen LogP contribution in [0.4, 0.5) is 13.2 Å². The summed E-state index contributed by atoms with van der Waals surface area (Å²) in [6.07, 6.45) is -9.79. The molecule has 0 aromatic carbocycles. The summed E-state index contributed by atoms with van der Waals surface area (Å²) in [6.45, 7) is -0.0784. The van der Waals surface area contributed by atoms with Crippen LogP contribution in [0.25, 0.3) is 0 Å². The van der Waals surface area contributed by atoms with Gasteiger partial charge in [-0.3, -0.25) is 9.69 Å². The van der Waals surface area contributed by atoms with Crippen molar-refractivity contribution < 1.29 is 52.7 Å². The van der Waals surface area contributed by atoms with E-state index in [9.17, 15) is 38.1 Å². The van der Waals surface area contributed by atoms with E-state index in [2.05, 4.69) is 0 Å². The molecule has 5 N–H and O–H groups in total. The molecule has 1 fully saturated rings. The first-order chi connectivity index (χ1) is 13.1. The van der Waals surface area contributed by atoms with E-state index < -0.39 is 60.8 Å². The molecule has 10 nitrogen and oxygen atoms in total. The second kappa shape index (κ2) is 9.05. The summed E-state index contributed by atoms with van der Waals surface area (Å²) in [6, 6.07) is -2.66. The molecule has 28 heavy (non-hydrogen) atoms. The van der Waals surface area contributed by atoms with E-state index in [1.165, 1.54) is 0 Å². The van der Waals surface area contributed by atoms with Gasteiger partial charge >= 0.3 is 18.1 Å². The van der Waals surface area contributed by atoms with Crippen LogP contribution < -0.4 is 5.32 Å². The number of aliphatic carboxylic acids is 1. The van der Waals surface area contributed by atoms with Gasteiger partial charge in [0.2, 0.25) is 5.76 Å². The van der Waals surface area contributed by atoms with Crippen molar-refractivity contribution in [3.8, 4) is 0 Å². The lowest BCUT2D eigenvalue weighted by atomic mass is 9.90. The minimum atomic E-state index is -5.24. The SMILES string of the molecule is O=C(O)C1=C[C@@H](N2CCOCC2)[C@@H](NC(=O)C(F)(F)F)[C@@H]([C@@H](O)[C@H](O)CO)O1. The number of nitrogens with zero attached hydrogens (tertiary/aromatic N) is 1. The Bertz CT molecular complexity index is 609. The first kappa shape index (κ1) is 22.4. The van der Waals surface area contributed by atoms with E-state index in [0.29, 0.717) is 0 Å². The minimum Gasteiger partial charge on any atom is -0.478 e. The number of rotatable bonds is 6. The number of hydrogen-bond donors (Lipinski definition) is 5. The van der Waals surface area contributed by atoms with Crippen LogP contribution in [0.1, 0.15) is 0 Å². The van der Waals surface area contributed by atoms with Crippen LogP contribution in [-0.4, -0.2) is 107 Å². The second-order valence-corrected chi connectivity index (χ2v) is 6.29. The van der Waals surface area contributed by atoms with Gasteiger partial charge in [-0.2, -0.15) is 13.2 Å². The highest BCUT2D eigenvalue weighted by atomic mass is 19.4. The largest absolute Gasteiger partial charge is 0.478 e. The number of halogens is 3. The zero-order valence-corrected chi connectivity index (χ0v) is 14.5. The van der Waals surface area contributed by atoms with Crippen molar-refractivity contribution in [3.05, 3.63) is 11.8 Å². The van der Waals surface area contributed by atoms with Crippen LogP contribution in [0.5, 0.6) is 0 Å². The van der Waals surface area contributed by atoms with Gasteiger partial charge < -0.3 is 35.2 Å². The summed E-state index contributed by atoms with van der Waals surface area (Å²) < 4.78 is 48.6. The molecule has 1 saturated heterocycles. The first-order valence-corrected chi connectivity index (χ1v) is 8.34.